The average molecular weight is 443 g/mol. The molecule has 0 saturated heterocycles. The van der Waals surface area contributed by atoms with Gasteiger partial charge in [0.2, 0.25) is 11.8 Å². The third kappa shape index (κ3) is 4.06. The molecule has 0 amide bonds. The first kappa shape index (κ1) is 17.8. The van der Waals surface area contributed by atoms with Crippen molar-refractivity contribution in [1.29, 1.82) is 0 Å². The van der Waals surface area contributed by atoms with Gasteiger partial charge in [0, 0.05) is 28.5 Å². The minimum absolute atomic E-state index is 0.509. The van der Waals surface area contributed by atoms with Gasteiger partial charge < -0.3 is 9.15 Å². The molecule has 0 atom stereocenters. The van der Waals surface area contributed by atoms with Gasteiger partial charge in [0.05, 0.1) is 18.6 Å². The molecule has 4 rings (SSSR count). The summed E-state index contributed by atoms with van der Waals surface area (Å²) in [5.41, 5.74) is 1.87. The fourth-order valence-electron chi connectivity index (χ4n) is 2.50. The van der Waals surface area contributed by atoms with Crippen LogP contribution in [0.4, 0.5) is 0 Å². The first-order chi connectivity index (χ1) is 13.2. The van der Waals surface area contributed by atoms with Gasteiger partial charge in [-0.15, -0.1) is 10.2 Å². The van der Waals surface area contributed by atoms with Crippen molar-refractivity contribution in [3.63, 3.8) is 0 Å². The molecule has 8 heteroatoms. The van der Waals surface area contributed by atoms with E-state index in [1.807, 2.05) is 59.3 Å². The molecule has 0 aliphatic carbocycles. The molecular formula is C19H15BrN4O2S. The SMILES string of the molecule is COc1cccc(-n2ccnc2SCc2nnc(-c3ccc(Br)cc3)o2)c1. The molecule has 6 nitrogen and oxygen atoms in total. The van der Waals surface area contributed by atoms with Crippen LogP contribution < -0.4 is 4.74 Å². The molecule has 0 fully saturated rings. The maximum atomic E-state index is 5.77. The molecule has 0 saturated carbocycles. The number of ether oxygens (including phenoxy) is 1. The molecule has 0 bridgehead atoms. The van der Waals surface area contributed by atoms with Gasteiger partial charge in [0.15, 0.2) is 5.16 Å². The summed E-state index contributed by atoms with van der Waals surface area (Å²) in [7, 11) is 1.65. The van der Waals surface area contributed by atoms with E-state index in [4.69, 9.17) is 9.15 Å². The van der Waals surface area contributed by atoms with Gasteiger partial charge >= 0.3 is 0 Å². The standard InChI is InChI=1S/C19H15BrN4O2S/c1-25-16-4-2-3-15(11-16)24-10-9-21-19(24)27-12-17-22-23-18(26-17)13-5-7-14(20)8-6-13/h2-11H,12H2,1H3. The Hall–Kier alpha value is -2.58. The average Bonchev–Trinajstić information content (AvgIpc) is 3.36. The highest BCUT2D eigenvalue weighted by Gasteiger charge is 2.12. The van der Waals surface area contributed by atoms with Gasteiger partial charge in [-0.25, -0.2) is 4.98 Å². The highest BCUT2D eigenvalue weighted by molar-refractivity contribution is 9.10. The number of aromatic nitrogens is 4. The highest BCUT2D eigenvalue weighted by atomic mass is 79.9. The molecule has 2 aromatic heterocycles. The van der Waals surface area contributed by atoms with Gasteiger partial charge in [0.1, 0.15) is 5.75 Å². The van der Waals surface area contributed by atoms with E-state index < -0.39 is 0 Å². The fraction of sp³-hybridized carbons (Fsp3) is 0.105. The van der Waals surface area contributed by atoms with Gasteiger partial charge in [-0.3, -0.25) is 4.57 Å². The van der Waals surface area contributed by atoms with Crippen molar-refractivity contribution < 1.29 is 9.15 Å². The van der Waals surface area contributed by atoms with Gasteiger partial charge in [-0.1, -0.05) is 33.8 Å². The van der Waals surface area contributed by atoms with Crippen LogP contribution in [0.2, 0.25) is 0 Å². The van der Waals surface area contributed by atoms with Crippen LogP contribution >= 0.6 is 27.7 Å². The molecule has 0 radical (unpaired) electrons. The van der Waals surface area contributed by atoms with Crippen molar-refractivity contribution in [3.8, 4) is 22.9 Å². The Morgan fingerprint density at radius 3 is 2.81 bits per heavy atom. The molecule has 0 aliphatic rings. The van der Waals surface area contributed by atoms with Crippen LogP contribution in [-0.4, -0.2) is 26.9 Å². The Labute approximate surface area is 168 Å². The van der Waals surface area contributed by atoms with Crippen molar-refractivity contribution in [2.45, 2.75) is 10.9 Å². The Morgan fingerprint density at radius 2 is 2.00 bits per heavy atom. The number of nitrogens with zero attached hydrogens (tertiary/aromatic N) is 4. The Kier molecular flexibility index (Phi) is 5.26. The second-order valence-electron chi connectivity index (χ2n) is 5.58. The molecule has 2 aromatic carbocycles. The van der Waals surface area contributed by atoms with E-state index in [0.29, 0.717) is 17.5 Å². The van der Waals surface area contributed by atoms with Crippen LogP contribution in [-0.2, 0) is 5.75 Å². The van der Waals surface area contributed by atoms with Gasteiger partial charge in [-0.05, 0) is 36.4 Å². The minimum Gasteiger partial charge on any atom is -0.497 e. The lowest BCUT2D eigenvalue weighted by atomic mass is 10.2. The van der Waals surface area contributed by atoms with Crippen molar-refractivity contribution in [1.82, 2.24) is 19.7 Å². The number of halogens is 1. The van der Waals surface area contributed by atoms with Crippen LogP contribution in [0, 0.1) is 0 Å². The van der Waals surface area contributed by atoms with Gasteiger partial charge in [0.25, 0.3) is 0 Å². The van der Waals surface area contributed by atoms with E-state index in [1.54, 1.807) is 13.3 Å². The van der Waals surface area contributed by atoms with Crippen LogP contribution in [0.5, 0.6) is 5.75 Å². The predicted molar refractivity (Wildman–Crippen MR) is 107 cm³/mol. The maximum absolute atomic E-state index is 5.77. The molecular weight excluding hydrogens is 428 g/mol. The summed E-state index contributed by atoms with van der Waals surface area (Å²) in [6, 6.07) is 15.6. The largest absolute Gasteiger partial charge is 0.497 e. The van der Waals surface area contributed by atoms with E-state index in [1.165, 1.54) is 11.8 Å². The lowest BCUT2D eigenvalue weighted by Crippen LogP contribution is -1.96. The van der Waals surface area contributed by atoms with E-state index in [-0.39, 0.29) is 0 Å². The zero-order valence-corrected chi connectivity index (χ0v) is 16.8. The Balaban J connectivity index is 1.49. The number of benzene rings is 2. The first-order valence-corrected chi connectivity index (χ1v) is 9.90. The number of thioether (sulfide) groups is 1. The number of hydrogen-bond donors (Lipinski definition) is 0. The summed E-state index contributed by atoms with van der Waals surface area (Å²) in [5, 5.41) is 9.11. The summed E-state index contributed by atoms with van der Waals surface area (Å²) in [4.78, 5) is 4.43. The van der Waals surface area contributed by atoms with Crippen LogP contribution in [0.1, 0.15) is 5.89 Å². The molecule has 0 aliphatic heterocycles. The lowest BCUT2D eigenvalue weighted by molar-refractivity contribution is 0.414. The van der Waals surface area contributed by atoms with E-state index in [0.717, 1.165) is 26.6 Å². The Morgan fingerprint density at radius 1 is 1.15 bits per heavy atom. The van der Waals surface area contributed by atoms with E-state index >= 15 is 0 Å². The minimum atomic E-state index is 0.509. The smallest absolute Gasteiger partial charge is 0.247 e. The zero-order chi connectivity index (χ0) is 18.6. The summed E-state index contributed by atoms with van der Waals surface area (Å²) < 4.78 is 14.1. The predicted octanol–water partition coefficient (Wildman–Crippen LogP) is 4.99. The van der Waals surface area contributed by atoms with Crippen molar-refractivity contribution in [2.75, 3.05) is 7.11 Å². The molecule has 136 valence electrons. The first-order valence-electron chi connectivity index (χ1n) is 8.12. The molecule has 0 unspecified atom stereocenters. The summed E-state index contributed by atoms with van der Waals surface area (Å²) in [5.74, 6) is 2.39. The van der Waals surface area contributed by atoms with Crippen molar-refractivity contribution in [2.24, 2.45) is 0 Å². The van der Waals surface area contributed by atoms with Crippen LogP contribution in [0.15, 0.2) is 75.0 Å². The monoisotopic (exact) mass is 442 g/mol. The Bertz CT molecular complexity index is 1050. The quantitative estimate of drug-likeness (QED) is 0.392. The summed E-state index contributed by atoms with van der Waals surface area (Å²) in [6.07, 6.45) is 3.68. The topological polar surface area (TPSA) is 66.0 Å². The van der Waals surface area contributed by atoms with Crippen LogP contribution in [0.3, 0.4) is 0 Å². The zero-order valence-electron chi connectivity index (χ0n) is 14.4. The highest BCUT2D eigenvalue weighted by Crippen LogP contribution is 2.27. The number of methoxy groups -OCH3 is 1. The molecule has 4 aromatic rings. The normalized spacial score (nSPS) is 10.9. The molecule has 0 N–H and O–H groups in total. The van der Waals surface area contributed by atoms with E-state index in [2.05, 4.69) is 31.1 Å². The summed E-state index contributed by atoms with van der Waals surface area (Å²) in [6.45, 7) is 0. The van der Waals surface area contributed by atoms with Gasteiger partial charge in [-0.2, -0.15) is 0 Å². The molecule has 0 spiro atoms. The fourth-order valence-corrected chi connectivity index (χ4v) is 3.58. The second kappa shape index (κ2) is 7.98. The lowest BCUT2D eigenvalue weighted by Gasteiger charge is -2.08. The van der Waals surface area contributed by atoms with Crippen LogP contribution in [0.25, 0.3) is 17.1 Å². The second-order valence-corrected chi connectivity index (χ2v) is 7.44. The third-order valence-electron chi connectivity index (χ3n) is 3.82. The molecule has 2 heterocycles. The van der Waals surface area contributed by atoms with Crippen molar-refractivity contribution >= 4 is 27.7 Å². The number of imidazole rings is 1. The third-order valence-corrected chi connectivity index (χ3v) is 5.30. The molecule has 27 heavy (non-hydrogen) atoms. The van der Waals surface area contributed by atoms with E-state index in [9.17, 15) is 0 Å². The number of hydrogen-bond acceptors (Lipinski definition) is 6. The van der Waals surface area contributed by atoms with Crippen molar-refractivity contribution in [3.05, 3.63) is 71.3 Å². The summed E-state index contributed by atoms with van der Waals surface area (Å²) >= 11 is 4.95. The maximum Gasteiger partial charge on any atom is 0.247 e. The number of rotatable bonds is 6.